The van der Waals surface area contributed by atoms with Crippen LogP contribution >= 0.6 is 0 Å². The van der Waals surface area contributed by atoms with Gasteiger partial charge in [0, 0.05) is 5.69 Å². The van der Waals surface area contributed by atoms with Crippen molar-refractivity contribution in [3.05, 3.63) is 89.1 Å². The van der Waals surface area contributed by atoms with Crippen LogP contribution in [-0.4, -0.2) is 30.5 Å². The average Bonchev–Trinajstić information content (AvgIpc) is 3.46. The number of hydrogen-bond donors (Lipinski definition) is 1. The van der Waals surface area contributed by atoms with Gasteiger partial charge in [-0.05, 0) is 61.0 Å². The van der Waals surface area contributed by atoms with Crippen molar-refractivity contribution in [1.82, 2.24) is 0 Å². The smallest absolute Gasteiger partial charge is 0.294 e. The van der Waals surface area contributed by atoms with Crippen LogP contribution in [0.5, 0.6) is 11.5 Å². The van der Waals surface area contributed by atoms with Crippen LogP contribution in [0.3, 0.4) is 0 Å². The minimum Gasteiger partial charge on any atom is -0.503 e. The van der Waals surface area contributed by atoms with Crippen molar-refractivity contribution in [3.63, 3.8) is 0 Å². The second-order valence-corrected chi connectivity index (χ2v) is 7.15. The number of aliphatic hydroxyl groups excluding tert-OH is 1. The van der Waals surface area contributed by atoms with Crippen molar-refractivity contribution in [1.29, 1.82) is 5.26 Å². The molecule has 2 aromatic carbocycles. The molecule has 1 aliphatic rings. The van der Waals surface area contributed by atoms with E-state index in [1.54, 1.807) is 48.5 Å². The van der Waals surface area contributed by atoms with Crippen LogP contribution in [0.15, 0.2) is 76.6 Å². The molecule has 1 amide bonds. The van der Waals surface area contributed by atoms with E-state index in [-0.39, 0.29) is 11.3 Å². The van der Waals surface area contributed by atoms with Crippen molar-refractivity contribution in [2.45, 2.75) is 13.0 Å². The second-order valence-electron chi connectivity index (χ2n) is 7.15. The first-order chi connectivity index (χ1) is 16.0. The van der Waals surface area contributed by atoms with Crippen molar-refractivity contribution < 1.29 is 28.6 Å². The molecule has 4 rings (SSSR count). The molecule has 1 N–H and O–H groups in total. The van der Waals surface area contributed by atoms with E-state index in [1.807, 2.05) is 13.0 Å². The van der Waals surface area contributed by atoms with Crippen LogP contribution in [0.25, 0.3) is 0 Å². The number of rotatable bonds is 7. The van der Waals surface area contributed by atoms with E-state index in [2.05, 4.69) is 0 Å². The summed E-state index contributed by atoms with van der Waals surface area (Å²) in [6.45, 7) is 2.20. The lowest BCUT2D eigenvalue weighted by Crippen LogP contribution is -2.31. The molecule has 33 heavy (non-hydrogen) atoms. The van der Waals surface area contributed by atoms with E-state index in [4.69, 9.17) is 19.2 Å². The summed E-state index contributed by atoms with van der Waals surface area (Å²) in [4.78, 5) is 27.8. The summed E-state index contributed by atoms with van der Waals surface area (Å²) in [6, 6.07) is 15.4. The van der Waals surface area contributed by atoms with Crippen LogP contribution in [-0.2, 0) is 4.79 Å². The van der Waals surface area contributed by atoms with Crippen molar-refractivity contribution in [2.75, 3.05) is 18.6 Å². The topological polar surface area (TPSA) is 113 Å². The van der Waals surface area contributed by atoms with Gasteiger partial charge in [0.15, 0.2) is 23.0 Å². The highest BCUT2D eigenvalue weighted by Gasteiger charge is 2.45. The van der Waals surface area contributed by atoms with E-state index in [0.717, 1.165) is 0 Å². The third-order valence-corrected chi connectivity index (χ3v) is 5.28. The summed E-state index contributed by atoms with van der Waals surface area (Å²) in [7, 11) is 1.51. The van der Waals surface area contributed by atoms with Gasteiger partial charge >= 0.3 is 0 Å². The number of Topliss-reactive ketones (excluding diaryl/α,β-unsaturated/α-hetero) is 1. The summed E-state index contributed by atoms with van der Waals surface area (Å²) in [5.41, 5.74) is 1.23. The Morgan fingerprint density at radius 2 is 1.94 bits per heavy atom. The molecule has 1 aromatic heterocycles. The number of amides is 1. The number of methoxy groups -OCH3 is 1. The molecule has 0 radical (unpaired) electrons. The van der Waals surface area contributed by atoms with Gasteiger partial charge < -0.3 is 19.0 Å². The number of anilines is 1. The Bertz CT molecular complexity index is 1270. The van der Waals surface area contributed by atoms with Crippen LogP contribution in [0.2, 0.25) is 0 Å². The first-order valence-corrected chi connectivity index (χ1v) is 10.2. The summed E-state index contributed by atoms with van der Waals surface area (Å²) in [6.07, 6.45) is 1.34. The largest absolute Gasteiger partial charge is 0.503 e. The molecule has 166 valence electrons. The van der Waals surface area contributed by atoms with Gasteiger partial charge in [0.2, 0.25) is 5.78 Å². The lowest BCUT2D eigenvalue weighted by atomic mass is 9.94. The van der Waals surface area contributed by atoms with E-state index < -0.39 is 23.5 Å². The van der Waals surface area contributed by atoms with Gasteiger partial charge in [-0.3, -0.25) is 14.5 Å². The number of nitrogens with zero attached hydrogens (tertiary/aromatic N) is 2. The molecule has 1 unspecified atom stereocenters. The number of carbonyl (C=O) groups excluding carboxylic acids is 2. The maximum Gasteiger partial charge on any atom is 0.294 e. The number of furan rings is 1. The van der Waals surface area contributed by atoms with Crippen molar-refractivity contribution in [2.24, 2.45) is 0 Å². The maximum absolute atomic E-state index is 13.3. The zero-order valence-electron chi connectivity index (χ0n) is 17.9. The molecule has 0 saturated carbocycles. The summed E-state index contributed by atoms with van der Waals surface area (Å²) in [5.74, 6) is -1.11. The maximum atomic E-state index is 13.3. The number of aliphatic hydroxyl groups is 1. The van der Waals surface area contributed by atoms with Gasteiger partial charge in [0.05, 0.1) is 43.2 Å². The van der Waals surface area contributed by atoms with Gasteiger partial charge in [0.25, 0.3) is 5.91 Å². The van der Waals surface area contributed by atoms with Crippen LogP contribution in [0.1, 0.15) is 34.6 Å². The first-order valence-electron chi connectivity index (χ1n) is 10.2. The predicted molar refractivity (Wildman–Crippen MR) is 118 cm³/mol. The first kappa shape index (κ1) is 21.7. The lowest BCUT2D eigenvalue weighted by Gasteiger charge is -2.27. The van der Waals surface area contributed by atoms with Gasteiger partial charge in [-0.1, -0.05) is 6.07 Å². The highest BCUT2D eigenvalue weighted by atomic mass is 16.5. The summed E-state index contributed by atoms with van der Waals surface area (Å²) in [5, 5.41) is 19.9. The van der Waals surface area contributed by atoms with Gasteiger partial charge in [-0.15, -0.1) is 0 Å². The van der Waals surface area contributed by atoms with Crippen molar-refractivity contribution >= 4 is 17.4 Å². The molecule has 1 atom stereocenters. The highest BCUT2D eigenvalue weighted by Crippen LogP contribution is 2.44. The minimum absolute atomic E-state index is 0.00503. The Morgan fingerprint density at radius 1 is 1.18 bits per heavy atom. The van der Waals surface area contributed by atoms with Gasteiger partial charge in [-0.25, -0.2) is 0 Å². The normalized spacial score (nSPS) is 15.5. The monoisotopic (exact) mass is 444 g/mol. The quantitative estimate of drug-likeness (QED) is 0.539. The molecule has 3 aromatic rings. The third kappa shape index (κ3) is 3.81. The zero-order chi connectivity index (χ0) is 23.5. The predicted octanol–water partition coefficient (Wildman–Crippen LogP) is 4.34. The van der Waals surface area contributed by atoms with Crippen LogP contribution in [0.4, 0.5) is 5.69 Å². The number of ketones is 1. The Hall–Kier alpha value is -4.51. The number of nitriles is 1. The number of benzene rings is 2. The fourth-order valence-electron chi connectivity index (χ4n) is 3.79. The zero-order valence-corrected chi connectivity index (χ0v) is 17.9. The van der Waals surface area contributed by atoms with E-state index in [0.29, 0.717) is 34.9 Å². The fraction of sp³-hybridized carbons (Fsp3) is 0.160. The second kappa shape index (κ2) is 8.93. The van der Waals surface area contributed by atoms with Crippen LogP contribution < -0.4 is 14.4 Å². The SMILES string of the molecule is CCOc1cc(C2C(C(=O)c3ccco3)=C(O)C(=O)N2c2ccc(C#N)cc2)ccc1OC. The Balaban J connectivity index is 1.89. The molecule has 1 aliphatic heterocycles. The van der Waals surface area contributed by atoms with Gasteiger partial charge in [-0.2, -0.15) is 5.26 Å². The molecule has 0 fully saturated rings. The standard InChI is InChI=1S/C25H20N2O6/c1-3-32-20-13-16(8-11-18(20)31-2)22-21(23(28)19-5-4-12-33-19)24(29)25(30)27(22)17-9-6-15(14-26)7-10-17/h4-13,22,29H,3H2,1-2H3. The molecule has 8 nitrogen and oxygen atoms in total. The summed E-state index contributed by atoms with van der Waals surface area (Å²) < 4.78 is 16.3. The number of hydrogen-bond acceptors (Lipinski definition) is 7. The number of ether oxygens (including phenoxy) is 2. The fourth-order valence-corrected chi connectivity index (χ4v) is 3.79. The van der Waals surface area contributed by atoms with E-state index in [1.165, 1.54) is 24.3 Å². The minimum atomic E-state index is -0.965. The molecule has 0 bridgehead atoms. The van der Waals surface area contributed by atoms with Crippen molar-refractivity contribution in [3.8, 4) is 17.6 Å². The molecule has 0 saturated heterocycles. The summed E-state index contributed by atoms with van der Waals surface area (Å²) >= 11 is 0. The molecule has 8 heteroatoms. The molecule has 2 heterocycles. The highest BCUT2D eigenvalue weighted by molar-refractivity contribution is 6.20. The van der Waals surface area contributed by atoms with E-state index >= 15 is 0 Å². The Morgan fingerprint density at radius 3 is 2.55 bits per heavy atom. The van der Waals surface area contributed by atoms with Crippen LogP contribution in [0, 0.1) is 11.3 Å². The molecule has 0 spiro atoms. The number of carbonyl (C=O) groups is 2. The molecular formula is C25H20N2O6. The van der Waals surface area contributed by atoms with E-state index in [9.17, 15) is 14.7 Å². The third-order valence-electron chi connectivity index (χ3n) is 5.28. The molecule has 0 aliphatic carbocycles. The average molecular weight is 444 g/mol. The Labute approximate surface area is 189 Å². The van der Waals surface area contributed by atoms with Gasteiger partial charge in [0.1, 0.15) is 0 Å². The lowest BCUT2D eigenvalue weighted by molar-refractivity contribution is -0.117. The Kier molecular flexibility index (Phi) is 5.87. The molecular weight excluding hydrogens is 424 g/mol.